The van der Waals surface area contributed by atoms with Crippen molar-refractivity contribution in [1.82, 2.24) is 4.90 Å². The van der Waals surface area contributed by atoms with E-state index in [2.05, 4.69) is 10.9 Å². The fourth-order valence-electron chi connectivity index (χ4n) is 2.35. The molecule has 1 aliphatic heterocycles. The number of rotatable bonds is 4. The van der Waals surface area contributed by atoms with E-state index in [1.807, 2.05) is 24.3 Å². The van der Waals surface area contributed by atoms with Crippen molar-refractivity contribution >= 4 is 11.9 Å². The lowest BCUT2D eigenvalue weighted by atomic mass is 9.98. The van der Waals surface area contributed by atoms with E-state index >= 15 is 0 Å². The van der Waals surface area contributed by atoms with Crippen molar-refractivity contribution in [2.75, 3.05) is 7.11 Å². The van der Waals surface area contributed by atoms with E-state index < -0.39 is 12.1 Å². The lowest BCUT2D eigenvalue weighted by molar-refractivity contribution is 0.180. The monoisotopic (exact) mass is 271 g/mol. The molecule has 104 valence electrons. The minimum absolute atomic E-state index is 0.264. The molecule has 0 aliphatic carbocycles. The summed E-state index contributed by atoms with van der Waals surface area (Å²) in [5.74, 6) is 2.82. The molecule has 0 aromatic heterocycles. The summed E-state index contributed by atoms with van der Waals surface area (Å²) in [4.78, 5) is 17.3. The SMILES string of the molecule is C#CC(C)N1C(=O)N=C(N)C1c1ccccc1COC. The molecule has 2 amide bonds. The van der Waals surface area contributed by atoms with Gasteiger partial charge in [-0.25, -0.2) is 4.79 Å². The number of nitrogens with two attached hydrogens (primary N) is 1. The molecule has 0 fully saturated rings. The maximum absolute atomic E-state index is 12.0. The molecule has 0 bridgehead atoms. The number of hydrogen-bond donors (Lipinski definition) is 1. The summed E-state index contributed by atoms with van der Waals surface area (Å²) in [6.07, 6.45) is 5.44. The molecule has 20 heavy (non-hydrogen) atoms. The van der Waals surface area contributed by atoms with Gasteiger partial charge in [-0.05, 0) is 18.1 Å². The zero-order valence-electron chi connectivity index (χ0n) is 11.5. The first-order chi connectivity index (χ1) is 9.60. The Morgan fingerprint density at radius 3 is 2.90 bits per heavy atom. The van der Waals surface area contributed by atoms with Crippen molar-refractivity contribution < 1.29 is 9.53 Å². The van der Waals surface area contributed by atoms with Crippen LogP contribution in [0.1, 0.15) is 24.1 Å². The molecule has 1 heterocycles. The van der Waals surface area contributed by atoms with E-state index in [4.69, 9.17) is 16.9 Å². The molecule has 1 aromatic carbocycles. The van der Waals surface area contributed by atoms with Gasteiger partial charge < -0.3 is 10.5 Å². The number of amidine groups is 1. The number of terminal acetylenes is 1. The number of carbonyl (C=O) groups excluding carboxylic acids is 1. The fraction of sp³-hybridized carbons (Fsp3) is 0.333. The highest BCUT2D eigenvalue weighted by Gasteiger charge is 2.38. The first-order valence-corrected chi connectivity index (χ1v) is 6.29. The van der Waals surface area contributed by atoms with Crippen LogP contribution in [0.25, 0.3) is 0 Å². The molecule has 2 atom stereocenters. The lowest BCUT2D eigenvalue weighted by Gasteiger charge is -2.28. The molecule has 2 rings (SSSR count). The Hall–Kier alpha value is -2.32. The molecule has 5 nitrogen and oxygen atoms in total. The second-order valence-corrected chi connectivity index (χ2v) is 4.60. The number of ether oxygens (including phenoxy) is 1. The van der Waals surface area contributed by atoms with E-state index in [1.54, 1.807) is 14.0 Å². The highest BCUT2D eigenvalue weighted by molar-refractivity contribution is 6.03. The normalized spacial score (nSPS) is 19.6. The topological polar surface area (TPSA) is 67.9 Å². The van der Waals surface area contributed by atoms with Gasteiger partial charge in [0.05, 0.1) is 12.6 Å². The van der Waals surface area contributed by atoms with E-state index in [9.17, 15) is 4.79 Å². The Labute approximate surface area is 118 Å². The van der Waals surface area contributed by atoms with Crippen LogP contribution in [-0.4, -0.2) is 29.9 Å². The minimum atomic E-state index is -0.431. The van der Waals surface area contributed by atoms with Crippen molar-refractivity contribution in [3.8, 4) is 12.3 Å². The molecule has 5 heteroatoms. The predicted octanol–water partition coefficient (Wildman–Crippen LogP) is 1.69. The lowest BCUT2D eigenvalue weighted by Crippen LogP contribution is -2.39. The zero-order valence-corrected chi connectivity index (χ0v) is 11.5. The molecule has 2 unspecified atom stereocenters. The largest absolute Gasteiger partial charge is 0.385 e. The molecule has 1 aromatic rings. The Morgan fingerprint density at radius 2 is 2.25 bits per heavy atom. The maximum atomic E-state index is 12.0. The van der Waals surface area contributed by atoms with Crippen LogP contribution in [0, 0.1) is 12.3 Å². The summed E-state index contributed by atoms with van der Waals surface area (Å²) in [5, 5.41) is 0. The molecule has 0 spiro atoms. The van der Waals surface area contributed by atoms with E-state index in [0.29, 0.717) is 6.61 Å². The van der Waals surface area contributed by atoms with Gasteiger partial charge in [-0.15, -0.1) is 6.42 Å². The van der Waals surface area contributed by atoms with Crippen molar-refractivity contribution in [1.29, 1.82) is 0 Å². The van der Waals surface area contributed by atoms with Crippen LogP contribution in [-0.2, 0) is 11.3 Å². The van der Waals surface area contributed by atoms with Crippen LogP contribution in [0.3, 0.4) is 0 Å². The highest BCUT2D eigenvalue weighted by Crippen LogP contribution is 2.31. The van der Waals surface area contributed by atoms with E-state index in [0.717, 1.165) is 11.1 Å². The third kappa shape index (κ3) is 2.38. The van der Waals surface area contributed by atoms with Crippen LogP contribution in [0.2, 0.25) is 0 Å². The average molecular weight is 271 g/mol. The Bertz CT molecular complexity index is 589. The van der Waals surface area contributed by atoms with Gasteiger partial charge in [0.15, 0.2) is 0 Å². The van der Waals surface area contributed by atoms with Crippen LogP contribution in [0.5, 0.6) is 0 Å². The van der Waals surface area contributed by atoms with Gasteiger partial charge in [0.25, 0.3) is 0 Å². The van der Waals surface area contributed by atoms with E-state index in [1.165, 1.54) is 4.90 Å². The quantitative estimate of drug-likeness (QED) is 0.847. The zero-order chi connectivity index (χ0) is 14.7. The Morgan fingerprint density at radius 1 is 1.55 bits per heavy atom. The van der Waals surface area contributed by atoms with Gasteiger partial charge in [0.1, 0.15) is 11.9 Å². The van der Waals surface area contributed by atoms with Crippen LogP contribution in [0.4, 0.5) is 4.79 Å². The van der Waals surface area contributed by atoms with Crippen molar-refractivity contribution in [3.63, 3.8) is 0 Å². The summed E-state index contributed by atoms with van der Waals surface area (Å²) in [6.45, 7) is 2.21. The third-order valence-electron chi connectivity index (χ3n) is 3.31. The first kappa shape index (κ1) is 14.1. The minimum Gasteiger partial charge on any atom is -0.385 e. The molecular formula is C15H17N3O2. The van der Waals surface area contributed by atoms with Crippen LogP contribution in [0.15, 0.2) is 29.3 Å². The highest BCUT2D eigenvalue weighted by atomic mass is 16.5. The van der Waals surface area contributed by atoms with Crippen molar-refractivity contribution in [3.05, 3.63) is 35.4 Å². The number of carbonyl (C=O) groups is 1. The van der Waals surface area contributed by atoms with Crippen LogP contribution >= 0.6 is 0 Å². The number of nitrogens with zero attached hydrogens (tertiary/aromatic N) is 2. The standard InChI is InChI=1S/C15H17N3O2/c1-4-10(2)18-13(14(16)17-15(18)19)12-8-6-5-7-11(12)9-20-3/h1,5-8,10,13H,9H2,2-3H3,(H2,16,17,19). The first-order valence-electron chi connectivity index (χ1n) is 6.29. The second-order valence-electron chi connectivity index (χ2n) is 4.60. The van der Waals surface area contributed by atoms with Gasteiger partial charge >= 0.3 is 6.03 Å². The Kier molecular flexibility index (Phi) is 4.06. The Balaban J connectivity index is 2.47. The summed E-state index contributed by atoms with van der Waals surface area (Å²) < 4.78 is 5.19. The molecule has 0 radical (unpaired) electrons. The average Bonchev–Trinajstić information content (AvgIpc) is 2.73. The molecule has 1 aliphatic rings. The number of methoxy groups -OCH3 is 1. The summed E-state index contributed by atoms with van der Waals surface area (Å²) in [7, 11) is 1.62. The van der Waals surface area contributed by atoms with Gasteiger partial charge in [-0.3, -0.25) is 4.90 Å². The number of amides is 2. The smallest absolute Gasteiger partial charge is 0.347 e. The molecule has 0 saturated carbocycles. The number of aliphatic imine (C=N–C) groups is 1. The summed E-state index contributed by atoms with van der Waals surface area (Å²) in [5.41, 5.74) is 7.78. The molecule has 0 saturated heterocycles. The van der Waals surface area contributed by atoms with Gasteiger partial charge in [-0.2, -0.15) is 4.99 Å². The summed E-state index contributed by atoms with van der Waals surface area (Å²) >= 11 is 0. The van der Waals surface area contributed by atoms with Gasteiger partial charge in [-0.1, -0.05) is 30.2 Å². The predicted molar refractivity (Wildman–Crippen MR) is 77.0 cm³/mol. The van der Waals surface area contributed by atoms with Gasteiger partial charge in [0, 0.05) is 7.11 Å². The van der Waals surface area contributed by atoms with Gasteiger partial charge in [0.2, 0.25) is 0 Å². The second kappa shape index (κ2) is 5.76. The van der Waals surface area contributed by atoms with E-state index in [-0.39, 0.29) is 11.9 Å². The fourth-order valence-corrected chi connectivity index (χ4v) is 2.35. The maximum Gasteiger partial charge on any atom is 0.347 e. The number of urea groups is 1. The van der Waals surface area contributed by atoms with Crippen molar-refractivity contribution in [2.45, 2.75) is 25.6 Å². The third-order valence-corrected chi connectivity index (χ3v) is 3.31. The van der Waals surface area contributed by atoms with Crippen LogP contribution < -0.4 is 5.73 Å². The molecule has 2 N–H and O–H groups in total. The number of benzene rings is 1. The summed E-state index contributed by atoms with van der Waals surface area (Å²) in [6, 6.07) is 6.45. The number of hydrogen-bond acceptors (Lipinski definition) is 3. The molecular weight excluding hydrogens is 254 g/mol. The van der Waals surface area contributed by atoms with Crippen molar-refractivity contribution in [2.24, 2.45) is 10.7 Å².